The summed E-state index contributed by atoms with van der Waals surface area (Å²) in [7, 11) is 0. The summed E-state index contributed by atoms with van der Waals surface area (Å²) in [5, 5.41) is 3.72. The van der Waals surface area contributed by atoms with Gasteiger partial charge in [-0.25, -0.2) is 0 Å². The summed E-state index contributed by atoms with van der Waals surface area (Å²) < 4.78 is 5.67. The number of amides is 2. The lowest BCUT2D eigenvalue weighted by Gasteiger charge is -2.29. The van der Waals surface area contributed by atoms with E-state index in [1.165, 1.54) is 4.90 Å². The number of nitrogens with one attached hydrogen (secondary N) is 1. The Balaban J connectivity index is 2.14. The number of benzene rings is 2. The summed E-state index contributed by atoms with van der Waals surface area (Å²) in [6.07, 6.45) is 1.86. The van der Waals surface area contributed by atoms with Crippen molar-refractivity contribution in [1.29, 1.82) is 0 Å². The molecule has 0 fully saturated rings. The van der Waals surface area contributed by atoms with Gasteiger partial charge < -0.3 is 15.0 Å². The predicted octanol–water partition coefficient (Wildman–Crippen LogP) is 5.01. The molecule has 2 aromatic carbocycles. The highest BCUT2D eigenvalue weighted by atomic mass is 35.5. The third-order valence-corrected chi connectivity index (χ3v) is 5.42. The standard InChI is InChI=1S/C23H28Cl2N2O3/c1-4-5-11-26-23(29)17(3)27(14-18-9-10-20(24)21(25)13-18)22(28)15-30-19-8-6-7-16(2)12-19/h6-10,12-13,17H,4-5,11,14-15H2,1-3H3,(H,26,29). The highest BCUT2D eigenvalue weighted by Gasteiger charge is 2.26. The van der Waals surface area contributed by atoms with Gasteiger partial charge in [0, 0.05) is 13.1 Å². The Labute approximate surface area is 188 Å². The van der Waals surface area contributed by atoms with Gasteiger partial charge >= 0.3 is 0 Å². The fourth-order valence-corrected chi connectivity index (χ4v) is 3.21. The van der Waals surface area contributed by atoms with Gasteiger partial charge in [-0.1, -0.05) is 54.7 Å². The molecule has 2 rings (SSSR count). The summed E-state index contributed by atoms with van der Waals surface area (Å²) in [6.45, 7) is 6.34. The second kappa shape index (κ2) is 11.8. The molecule has 1 unspecified atom stereocenters. The van der Waals surface area contributed by atoms with Crippen molar-refractivity contribution >= 4 is 35.0 Å². The minimum absolute atomic E-state index is 0.169. The Morgan fingerprint density at radius 2 is 1.90 bits per heavy atom. The molecule has 30 heavy (non-hydrogen) atoms. The largest absolute Gasteiger partial charge is 0.484 e. The Hall–Kier alpha value is -2.24. The minimum Gasteiger partial charge on any atom is -0.484 e. The molecule has 0 aliphatic rings. The van der Waals surface area contributed by atoms with Gasteiger partial charge in [0.25, 0.3) is 5.91 Å². The molecule has 7 heteroatoms. The fourth-order valence-electron chi connectivity index (χ4n) is 2.89. The van der Waals surface area contributed by atoms with Crippen molar-refractivity contribution in [2.75, 3.05) is 13.2 Å². The number of halogens is 2. The van der Waals surface area contributed by atoms with Gasteiger partial charge in [0.1, 0.15) is 11.8 Å². The number of carbonyl (C=O) groups is 2. The van der Waals surface area contributed by atoms with Crippen molar-refractivity contribution in [3.8, 4) is 5.75 Å². The van der Waals surface area contributed by atoms with Gasteiger partial charge in [-0.15, -0.1) is 0 Å². The lowest BCUT2D eigenvalue weighted by molar-refractivity contribution is -0.142. The van der Waals surface area contributed by atoms with Crippen LogP contribution in [-0.2, 0) is 16.1 Å². The van der Waals surface area contributed by atoms with Crippen molar-refractivity contribution in [3.63, 3.8) is 0 Å². The van der Waals surface area contributed by atoms with E-state index in [-0.39, 0.29) is 25.0 Å². The molecule has 162 valence electrons. The fraction of sp³-hybridized carbons (Fsp3) is 0.391. The van der Waals surface area contributed by atoms with Crippen molar-refractivity contribution in [1.82, 2.24) is 10.2 Å². The number of nitrogens with zero attached hydrogens (tertiary/aromatic N) is 1. The van der Waals surface area contributed by atoms with Crippen LogP contribution in [0.25, 0.3) is 0 Å². The average Bonchev–Trinajstić information content (AvgIpc) is 2.72. The van der Waals surface area contributed by atoms with E-state index in [2.05, 4.69) is 12.2 Å². The number of unbranched alkanes of at least 4 members (excludes halogenated alkanes) is 1. The third kappa shape index (κ3) is 7.22. The van der Waals surface area contributed by atoms with Gasteiger partial charge in [-0.2, -0.15) is 0 Å². The number of aryl methyl sites for hydroxylation is 1. The highest BCUT2D eigenvalue weighted by Crippen LogP contribution is 2.24. The maximum Gasteiger partial charge on any atom is 0.261 e. The number of hydrogen-bond donors (Lipinski definition) is 1. The van der Waals surface area contributed by atoms with E-state index in [4.69, 9.17) is 27.9 Å². The zero-order valence-electron chi connectivity index (χ0n) is 17.6. The smallest absolute Gasteiger partial charge is 0.261 e. The number of ether oxygens (including phenoxy) is 1. The van der Waals surface area contributed by atoms with Crippen molar-refractivity contribution < 1.29 is 14.3 Å². The molecule has 0 spiro atoms. The molecule has 1 N–H and O–H groups in total. The quantitative estimate of drug-likeness (QED) is 0.517. The topological polar surface area (TPSA) is 58.6 Å². The lowest BCUT2D eigenvalue weighted by atomic mass is 10.1. The molecule has 0 bridgehead atoms. The Kier molecular flexibility index (Phi) is 9.47. The average molecular weight is 451 g/mol. The molecule has 0 radical (unpaired) electrons. The van der Waals surface area contributed by atoms with Crippen LogP contribution in [0.1, 0.15) is 37.8 Å². The molecule has 0 aliphatic carbocycles. The van der Waals surface area contributed by atoms with Gasteiger partial charge in [0.05, 0.1) is 10.0 Å². The molecule has 2 aromatic rings. The molecule has 2 amide bonds. The van der Waals surface area contributed by atoms with Crippen LogP contribution in [0.5, 0.6) is 5.75 Å². The molecule has 0 heterocycles. The summed E-state index contributed by atoms with van der Waals surface area (Å²) in [5.41, 5.74) is 1.82. The van der Waals surface area contributed by atoms with E-state index < -0.39 is 6.04 Å². The molecule has 0 aromatic heterocycles. The second-order valence-corrected chi connectivity index (χ2v) is 8.01. The lowest BCUT2D eigenvalue weighted by Crippen LogP contribution is -2.49. The zero-order chi connectivity index (χ0) is 22.1. The van der Waals surface area contributed by atoms with Crippen molar-refractivity contribution in [2.24, 2.45) is 0 Å². The third-order valence-electron chi connectivity index (χ3n) is 4.69. The molecular weight excluding hydrogens is 423 g/mol. The van der Waals surface area contributed by atoms with Crippen molar-refractivity contribution in [3.05, 3.63) is 63.6 Å². The van der Waals surface area contributed by atoms with E-state index in [9.17, 15) is 9.59 Å². The zero-order valence-corrected chi connectivity index (χ0v) is 19.1. The van der Waals surface area contributed by atoms with Crippen LogP contribution in [0, 0.1) is 6.92 Å². The SMILES string of the molecule is CCCCNC(=O)C(C)N(Cc1ccc(Cl)c(Cl)c1)C(=O)COc1cccc(C)c1. The van der Waals surface area contributed by atoms with E-state index in [1.54, 1.807) is 31.2 Å². The molecule has 0 saturated carbocycles. The minimum atomic E-state index is -0.662. The first-order chi connectivity index (χ1) is 14.3. The van der Waals surface area contributed by atoms with Crippen LogP contribution in [0.15, 0.2) is 42.5 Å². The van der Waals surface area contributed by atoms with E-state index in [0.717, 1.165) is 24.0 Å². The summed E-state index contributed by atoms with van der Waals surface area (Å²) >= 11 is 12.1. The van der Waals surface area contributed by atoms with Gasteiger partial charge in [-0.05, 0) is 55.7 Å². The van der Waals surface area contributed by atoms with E-state index >= 15 is 0 Å². The van der Waals surface area contributed by atoms with Gasteiger partial charge in [0.2, 0.25) is 5.91 Å². The van der Waals surface area contributed by atoms with E-state index in [1.807, 2.05) is 25.1 Å². The van der Waals surface area contributed by atoms with Crippen LogP contribution in [0.3, 0.4) is 0 Å². The molecule has 0 saturated heterocycles. The monoisotopic (exact) mass is 450 g/mol. The molecule has 1 atom stereocenters. The summed E-state index contributed by atoms with van der Waals surface area (Å²) in [6, 6.07) is 12.0. The maximum absolute atomic E-state index is 13.0. The first kappa shape index (κ1) is 24.0. The van der Waals surface area contributed by atoms with Gasteiger partial charge in [-0.3, -0.25) is 9.59 Å². The van der Waals surface area contributed by atoms with Crippen LogP contribution in [-0.4, -0.2) is 35.9 Å². The molecular formula is C23H28Cl2N2O3. The van der Waals surface area contributed by atoms with Gasteiger partial charge in [0.15, 0.2) is 6.61 Å². The van der Waals surface area contributed by atoms with E-state index in [0.29, 0.717) is 22.3 Å². The Morgan fingerprint density at radius 3 is 2.57 bits per heavy atom. The van der Waals surface area contributed by atoms with Crippen LogP contribution < -0.4 is 10.1 Å². The molecule has 0 aliphatic heterocycles. The normalized spacial score (nSPS) is 11.6. The summed E-state index contributed by atoms with van der Waals surface area (Å²) in [4.78, 5) is 27.1. The Morgan fingerprint density at radius 1 is 1.13 bits per heavy atom. The van der Waals surface area contributed by atoms with Crippen LogP contribution >= 0.6 is 23.2 Å². The van der Waals surface area contributed by atoms with Crippen molar-refractivity contribution in [2.45, 2.75) is 46.2 Å². The van der Waals surface area contributed by atoms with Crippen LogP contribution in [0.2, 0.25) is 10.0 Å². The highest BCUT2D eigenvalue weighted by molar-refractivity contribution is 6.42. The number of hydrogen-bond acceptors (Lipinski definition) is 3. The molecule has 5 nitrogen and oxygen atoms in total. The summed E-state index contributed by atoms with van der Waals surface area (Å²) in [5.74, 6) is 0.117. The first-order valence-electron chi connectivity index (χ1n) is 10.0. The van der Waals surface area contributed by atoms with Crippen LogP contribution in [0.4, 0.5) is 0 Å². The first-order valence-corrected chi connectivity index (χ1v) is 10.8. The predicted molar refractivity (Wildman–Crippen MR) is 121 cm³/mol. The number of rotatable bonds is 10. The second-order valence-electron chi connectivity index (χ2n) is 7.20. The Bertz CT molecular complexity index is 873. The number of carbonyl (C=O) groups excluding carboxylic acids is 2. The maximum atomic E-state index is 13.0.